The number of carbonyl (C=O) groups excluding carboxylic acids is 1. The van der Waals surface area contributed by atoms with Crippen molar-refractivity contribution in [2.24, 2.45) is 0 Å². The fourth-order valence-electron chi connectivity index (χ4n) is 2.86. The highest BCUT2D eigenvalue weighted by Crippen LogP contribution is 2.27. The van der Waals surface area contributed by atoms with Gasteiger partial charge in [0.15, 0.2) is 11.5 Å². The van der Waals surface area contributed by atoms with Crippen molar-refractivity contribution >= 4 is 5.91 Å². The standard InChI is InChI=1S/C20H25NO3/c1-13-6-8-17(14(2)10-13)15(3)21-20(22)12-16-7-9-18(23-4)19(11-16)24-5/h6-11,15H,12H2,1-5H3,(H,21,22)/t15-/m1/s1. The Hall–Kier alpha value is -2.49. The third kappa shape index (κ3) is 4.28. The van der Waals surface area contributed by atoms with Gasteiger partial charge >= 0.3 is 0 Å². The minimum absolute atomic E-state index is 0.0188. The molecule has 2 aromatic rings. The van der Waals surface area contributed by atoms with Crippen LogP contribution in [0, 0.1) is 13.8 Å². The zero-order valence-electron chi connectivity index (χ0n) is 15.0. The predicted molar refractivity (Wildman–Crippen MR) is 95.7 cm³/mol. The number of carbonyl (C=O) groups is 1. The monoisotopic (exact) mass is 327 g/mol. The molecule has 0 radical (unpaired) electrons. The lowest BCUT2D eigenvalue weighted by Crippen LogP contribution is -2.28. The van der Waals surface area contributed by atoms with Crippen LogP contribution in [0.4, 0.5) is 0 Å². The van der Waals surface area contributed by atoms with Gasteiger partial charge in [-0.05, 0) is 49.6 Å². The molecule has 128 valence electrons. The van der Waals surface area contributed by atoms with Crippen molar-refractivity contribution in [1.29, 1.82) is 0 Å². The van der Waals surface area contributed by atoms with Crippen molar-refractivity contribution in [3.8, 4) is 11.5 Å². The van der Waals surface area contributed by atoms with Gasteiger partial charge in [-0.15, -0.1) is 0 Å². The first-order valence-corrected chi connectivity index (χ1v) is 8.02. The van der Waals surface area contributed by atoms with Crippen LogP contribution in [0.15, 0.2) is 36.4 Å². The van der Waals surface area contributed by atoms with Gasteiger partial charge in [0.05, 0.1) is 26.7 Å². The Balaban J connectivity index is 2.05. The van der Waals surface area contributed by atoms with E-state index in [4.69, 9.17) is 9.47 Å². The van der Waals surface area contributed by atoms with Gasteiger partial charge in [0.2, 0.25) is 5.91 Å². The Morgan fingerprint density at radius 2 is 1.75 bits per heavy atom. The molecule has 0 aromatic heterocycles. The van der Waals surface area contributed by atoms with E-state index in [9.17, 15) is 4.79 Å². The van der Waals surface area contributed by atoms with Crippen LogP contribution >= 0.6 is 0 Å². The molecule has 0 fully saturated rings. The van der Waals surface area contributed by atoms with Crippen molar-refractivity contribution < 1.29 is 14.3 Å². The fourth-order valence-corrected chi connectivity index (χ4v) is 2.86. The van der Waals surface area contributed by atoms with E-state index in [2.05, 4.69) is 37.4 Å². The predicted octanol–water partition coefficient (Wildman–Crippen LogP) is 3.74. The molecular weight excluding hydrogens is 302 g/mol. The second kappa shape index (κ2) is 7.86. The number of methoxy groups -OCH3 is 2. The fraction of sp³-hybridized carbons (Fsp3) is 0.350. The summed E-state index contributed by atoms with van der Waals surface area (Å²) >= 11 is 0. The van der Waals surface area contributed by atoms with Crippen molar-refractivity contribution in [3.05, 3.63) is 58.7 Å². The highest BCUT2D eigenvalue weighted by atomic mass is 16.5. The van der Waals surface area contributed by atoms with Crippen LogP contribution < -0.4 is 14.8 Å². The molecule has 0 heterocycles. The molecule has 0 bridgehead atoms. The number of aryl methyl sites for hydroxylation is 2. The van der Waals surface area contributed by atoms with Gasteiger partial charge < -0.3 is 14.8 Å². The summed E-state index contributed by atoms with van der Waals surface area (Å²) < 4.78 is 10.5. The second-order valence-corrected chi connectivity index (χ2v) is 6.02. The first-order valence-electron chi connectivity index (χ1n) is 8.02. The average Bonchev–Trinajstić information content (AvgIpc) is 2.54. The van der Waals surface area contributed by atoms with E-state index in [1.54, 1.807) is 14.2 Å². The van der Waals surface area contributed by atoms with Crippen LogP contribution in [0.5, 0.6) is 11.5 Å². The number of hydrogen-bond acceptors (Lipinski definition) is 3. The van der Waals surface area contributed by atoms with Gasteiger partial charge in [-0.25, -0.2) is 0 Å². The van der Waals surface area contributed by atoms with Gasteiger partial charge in [0.25, 0.3) is 0 Å². The largest absolute Gasteiger partial charge is 0.493 e. The molecular formula is C20H25NO3. The van der Waals surface area contributed by atoms with Gasteiger partial charge in [-0.3, -0.25) is 4.79 Å². The summed E-state index contributed by atoms with van der Waals surface area (Å²) in [5, 5.41) is 3.06. The molecule has 1 N–H and O–H groups in total. The van der Waals surface area contributed by atoms with E-state index < -0.39 is 0 Å². The normalized spacial score (nSPS) is 11.7. The highest BCUT2D eigenvalue weighted by Gasteiger charge is 2.13. The molecule has 0 unspecified atom stereocenters. The summed E-state index contributed by atoms with van der Waals surface area (Å²) in [6.45, 7) is 6.14. The summed E-state index contributed by atoms with van der Waals surface area (Å²) in [5.41, 5.74) is 4.44. The summed E-state index contributed by atoms with van der Waals surface area (Å²) in [5.74, 6) is 1.27. The molecule has 0 aliphatic heterocycles. The molecule has 0 aliphatic rings. The van der Waals surface area contributed by atoms with Crippen LogP contribution in [0.1, 0.15) is 35.2 Å². The summed E-state index contributed by atoms with van der Waals surface area (Å²) in [7, 11) is 3.18. The lowest BCUT2D eigenvalue weighted by Gasteiger charge is -2.17. The Morgan fingerprint density at radius 1 is 1.04 bits per heavy atom. The third-order valence-corrected chi connectivity index (χ3v) is 4.08. The lowest BCUT2D eigenvalue weighted by atomic mass is 10.00. The van der Waals surface area contributed by atoms with E-state index in [-0.39, 0.29) is 11.9 Å². The minimum Gasteiger partial charge on any atom is -0.493 e. The maximum atomic E-state index is 12.3. The van der Waals surface area contributed by atoms with Crippen LogP contribution in [0.3, 0.4) is 0 Å². The molecule has 0 spiro atoms. The molecule has 1 amide bonds. The third-order valence-electron chi connectivity index (χ3n) is 4.08. The quantitative estimate of drug-likeness (QED) is 0.879. The molecule has 1 atom stereocenters. The maximum Gasteiger partial charge on any atom is 0.224 e. The Kier molecular flexibility index (Phi) is 5.85. The molecule has 2 rings (SSSR count). The number of nitrogens with one attached hydrogen (secondary N) is 1. The van der Waals surface area contributed by atoms with E-state index in [1.807, 2.05) is 25.1 Å². The van der Waals surface area contributed by atoms with E-state index in [1.165, 1.54) is 11.1 Å². The summed E-state index contributed by atoms with van der Waals surface area (Å²) in [6.07, 6.45) is 0.301. The number of rotatable bonds is 6. The maximum absolute atomic E-state index is 12.3. The van der Waals surface area contributed by atoms with Gasteiger partial charge in [-0.1, -0.05) is 29.8 Å². The van der Waals surface area contributed by atoms with Crippen LogP contribution in [0.25, 0.3) is 0 Å². The van der Waals surface area contributed by atoms with Crippen molar-refractivity contribution in [1.82, 2.24) is 5.32 Å². The molecule has 2 aromatic carbocycles. The molecule has 4 nitrogen and oxygen atoms in total. The molecule has 0 saturated heterocycles. The Labute approximate surface area is 143 Å². The first kappa shape index (κ1) is 17.9. The number of benzene rings is 2. The molecule has 4 heteroatoms. The minimum atomic E-state index is -0.0294. The van der Waals surface area contributed by atoms with E-state index in [0.29, 0.717) is 17.9 Å². The van der Waals surface area contributed by atoms with Crippen molar-refractivity contribution in [2.45, 2.75) is 33.2 Å². The van der Waals surface area contributed by atoms with Crippen LogP contribution in [0.2, 0.25) is 0 Å². The van der Waals surface area contributed by atoms with Gasteiger partial charge in [0.1, 0.15) is 0 Å². The van der Waals surface area contributed by atoms with E-state index in [0.717, 1.165) is 11.1 Å². The SMILES string of the molecule is COc1ccc(CC(=O)N[C@H](C)c2ccc(C)cc2C)cc1OC. The van der Waals surface area contributed by atoms with Crippen molar-refractivity contribution in [3.63, 3.8) is 0 Å². The number of ether oxygens (including phenoxy) is 2. The summed E-state index contributed by atoms with van der Waals surface area (Å²) in [6, 6.07) is 11.8. The Bertz CT molecular complexity index is 725. The van der Waals surface area contributed by atoms with Gasteiger partial charge in [-0.2, -0.15) is 0 Å². The smallest absolute Gasteiger partial charge is 0.224 e. The molecule has 0 saturated carbocycles. The second-order valence-electron chi connectivity index (χ2n) is 6.02. The lowest BCUT2D eigenvalue weighted by molar-refractivity contribution is -0.121. The van der Waals surface area contributed by atoms with Crippen molar-refractivity contribution in [2.75, 3.05) is 14.2 Å². The van der Waals surface area contributed by atoms with E-state index >= 15 is 0 Å². The number of hydrogen-bond donors (Lipinski definition) is 1. The Morgan fingerprint density at radius 3 is 2.38 bits per heavy atom. The zero-order chi connectivity index (χ0) is 17.7. The zero-order valence-corrected chi connectivity index (χ0v) is 15.0. The number of amides is 1. The van der Waals surface area contributed by atoms with Gasteiger partial charge in [0, 0.05) is 0 Å². The highest BCUT2D eigenvalue weighted by molar-refractivity contribution is 5.79. The topological polar surface area (TPSA) is 47.6 Å². The molecule has 24 heavy (non-hydrogen) atoms. The summed E-state index contributed by atoms with van der Waals surface area (Å²) in [4.78, 5) is 12.3. The van der Waals surface area contributed by atoms with Crippen LogP contribution in [-0.2, 0) is 11.2 Å². The van der Waals surface area contributed by atoms with Crippen LogP contribution in [-0.4, -0.2) is 20.1 Å². The molecule has 0 aliphatic carbocycles. The average molecular weight is 327 g/mol. The first-order chi connectivity index (χ1) is 11.4.